The molecule has 0 aliphatic carbocycles. The van der Waals surface area contributed by atoms with Crippen LogP contribution in [0.1, 0.15) is 393 Å². The van der Waals surface area contributed by atoms with Crippen molar-refractivity contribution >= 4 is 17.9 Å². The molecule has 0 N–H and O–H groups in total. The average molecular weight is 1160 g/mol. The van der Waals surface area contributed by atoms with Crippen LogP contribution in [0.15, 0.2) is 60.8 Å². The molecule has 0 saturated heterocycles. The molecular weight excluding hydrogens is 1020 g/mol. The summed E-state index contributed by atoms with van der Waals surface area (Å²) in [7, 11) is 0. The number of carbonyl (C=O) groups is 3. The van der Waals surface area contributed by atoms with E-state index < -0.39 is 6.10 Å². The third kappa shape index (κ3) is 69.8. The van der Waals surface area contributed by atoms with Crippen molar-refractivity contribution in [2.24, 2.45) is 0 Å². The lowest BCUT2D eigenvalue weighted by Crippen LogP contribution is -2.30. The van der Waals surface area contributed by atoms with Crippen LogP contribution >= 0.6 is 0 Å². The van der Waals surface area contributed by atoms with Crippen LogP contribution in [-0.2, 0) is 28.6 Å². The first-order chi connectivity index (χ1) is 41.0. The van der Waals surface area contributed by atoms with Crippen molar-refractivity contribution in [2.75, 3.05) is 13.2 Å². The summed E-state index contributed by atoms with van der Waals surface area (Å²) in [5.41, 5.74) is 0. The fourth-order valence-corrected chi connectivity index (χ4v) is 11.0. The molecule has 484 valence electrons. The lowest BCUT2D eigenvalue weighted by Gasteiger charge is -2.18. The minimum Gasteiger partial charge on any atom is -0.462 e. The maximum absolute atomic E-state index is 13.0. The Bertz CT molecular complexity index is 1470. The van der Waals surface area contributed by atoms with Crippen molar-refractivity contribution in [1.82, 2.24) is 0 Å². The number of allylic oxidation sites excluding steroid dienone is 10. The summed E-state index contributed by atoms with van der Waals surface area (Å²) in [6.07, 6.45) is 92.5. The Hall–Kier alpha value is -2.89. The van der Waals surface area contributed by atoms with Gasteiger partial charge in [0.25, 0.3) is 0 Å². The highest BCUT2D eigenvalue weighted by molar-refractivity contribution is 5.71. The van der Waals surface area contributed by atoms with Crippen LogP contribution in [0.4, 0.5) is 0 Å². The maximum Gasteiger partial charge on any atom is 0.306 e. The van der Waals surface area contributed by atoms with E-state index in [1.807, 2.05) is 0 Å². The summed E-state index contributed by atoms with van der Waals surface area (Å²) in [5, 5.41) is 0. The zero-order chi connectivity index (χ0) is 59.9. The third-order valence-corrected chi connectivity index (χ3v) is 16.5. The van der Waals surface area contributed by atoms with Crippen molar-refractivity contribution in [3.05, 3.63) is 60.8 Å². The predicted molar refractivity (Wildman–Crippen MR) is 362 cm³/mol. The minimum absolute atomic E-state index is 0.0752. The highest BCUT2D eigenvalue weighted by Crippen LogP contribution is 2.19. The highest BCUT2D eigenvalue weighted by atomic mass is 16.6. The number of ether oxygens (including phenoxy) is 3. The molecule has 0 aliphatic rings. The maximum atomic E-state index is 13.0. The molecule has 83 heavy (non-hydrogen) atoms. The summed E-state index contributed by atoms with van der Waals surface area (Å²) < 4.78 is 17.0. The second kappa shape index (κ2) is 71.6. The molecule has 6 heteroatoms. The first-order valence-electron chi connectivity index (χ1n) is 36.8. The second-order valence-electron chi connectivity index (χ2n) is 24.8. The summed E-state index contributed by atoms with van der Waals surface area (Å²) in [6, 6.07) is 0. The lowest BCUT2D eigenvalue weighted by atomic mass is 10.0. The zero-order valence-electron chi connectivity index (χ0n) is 55.7. The van der Waals surface area contributed by atoms with Gasteiger partial charge in [0, 0.05) is 19.3 Å². The van der Waals surface area contributed by atoms with Gasteiger partial charge in [-0.2, -0.15) is 0 Å². The Morgan fingerprint density at radius 1 is 0.253 bits per heavy atom. The number of hydrogen-bond donors (Lipinski definition) is 0. The average Bonchev–Trinajstić information content (AvgIpc) is 3.49. The van der Waals surface area contributed by atoms with Gasteiger partial charge in [-0.05, 0) is 83.5 Å². The molecular formula is C77H140O6. The van der Waals surface area contributed by atoms with Gasteiger partial charge in [0.15, 0.2) is 6.10 Å². The summed E-state index contributed by atoms with van der Waals surface area (Å²) in [4.78, 5) is 38.5. The molecule has 0 aromatic rings. The van der Waals surface area contributed by atoms with Gasteiger partial charge in [-0.15, -0.1) is 0 Å². The first kappa shape index (κ1) is 80.1. The van der Waals surface area contributed by atoms with Gasteiger partial charge in [0.1, 0.15) is 13.2 Å². The summed E-state index contributed by atoms with van der Waals surface area (Å²) >= 11 is 0. The van der Waals surface area contributed by atoms with Crippen LogP contribution < -0.4 is 0 Å². The van der Waals surface area contributed by atoms with Crippen molar-refractivity contribution in [3.8, 4) is 0 Å². The molecule has 0 saturated carbocycles. The number of unbranched alkanes of at least 4 members (excludes halogenated alkanes) is 47. The monoisotopic (exact) mass is 1160 g/mol. The van der Waals surface area contributed by atoms with E-state index in [-0.39, 0.29) is 31.1 Å². The van der Waals surface area contributed by atoms with Gasteiger partial charge in [-0.25, -0.2) is 0 Å². The molecule has 0 bridgehead atoms. The van der Waals surface area contributed by atoms with Gasteiger partial charge in [0.2, 0.25) is 0 Å². The lowest BCUT2D eigenvalue weighted by molar-refractivity contribution is -0.167. The van der Waals surface area contributed by atoms with E-state index in [0.717, 1.165) is 89.9 Å². The SMILES string of the molecule is CC/C=C\C/C=C\C/C=C\C/C=C\CCCCCCCCC(=O)OCC(COC(=O)CCCCCCCCCCCCC/C=C\CCCCCCCCCC)OC(=O)CCCCCCCCCCCCCCCCCCCCCCCCC. The quantitative estimate of drug-likeness (QED) is 0.0261. The Morgan fingerprint density at radius 2 is 0.470 bits per heavy atom. The zero-order valence-corrected chi connectivity index (χ0v) is 55.7. The summed E-state index contributed by atoms with van der Waals surface area (Å²) in [6.45, 7) is 6.59. The fraction of sp³-hybridized carbons (Fsp3) is 0.831. The van der Waals surface area contributed by atoms with E-state index in [9.17, 15) is 14.4 Å². The van der Waals surface area contributed by atoms with E-state index in [1.165, 1.54) is 263 Å². The minimum atomic E-state index is -0.781. The van der Waals surface area contributed by atoms with E-state index in [1.54, 1.807) is 0 Å². The molecule has 6 nitrogen and oxygen atoms in total. The van der Waals surface area contributed by atoms with E-state index in [0.29, 0.717) is 19.3 Å². The Morgan fingerprint density at radius 3 is 0.747 bits per heavy atom. The largest absolute Gasteiger partial charge is 0.462 e. The van der Waals surface area contributed by atoms with Crippen molar-refractivity contribution < 1.29 is 28.6 Å². The Balaban J connectivity index is 4.33. The van der Waals surface area contributed by atoms with Gasteiger partial charge in [-0.3, -0.25) is 14.4 Å². The normalized spacial score (nSPS) is 12.4. The van der Waals surface area contributed by atoms with Crippen LogP contribution in [0.5, 0.6) is 0 Å². The predicted octanol–water partition coefficient (Wildman–Crippen LogP) is 25.5. The second-order valence-corrected chi connectivity index (χ2v) is 24.8. The van der Waals surface area contributed by atoms with E-state index >= 15 is 0 Å². The van der Waals surface area contributed by atoms with Crippen molar-refractivity contribution in [2.45, 2.75) is 399 Å². The topological polar surface area (TPSA) is 78.9 Å². The van der Waals surface area contributed by atoms with Gasteiger partial charge in [-0.1, -0.05) is 351 Å². The number of esters is 3. The molecule has 0 spiro atoms. The third-order valence-electron chi connectivity index (χ3n) is 16.5. The standard InChI is InChI=1S/C77H140O6/c1-4-7-10-13-16-19-22-25-28-31-34-36-38-40-43-46-49-52-55-58-61-64-67-70-76(79)82-73-74(72-81-75(78)69-66-63-60-57-54-51-48-45-42-33-30-27-24-21-18-15-12-9-6-3)83-77(80)71-68-65-62-59-56-53-50-47-44-41-39-37-35-32-29-26-23-20-17-14-11-8-5-2/h9,12,18,21,27,30-31,34,42,45,74H,4-8,10-11,13-17,19-20,22-26,28-29,32-33,35-41,43-44,46-73H2,1-3H3/b12-9-,21-18-,30-27-,34-31-,45-42-. The Labute approximate surface area is 517 Å². The first-order valence-corrected chi connectivity index (χ1v) is 36.8. The molecule has 0 aliphatic heterocycles. The molecule has 0 rings (SSSR count). The van der Waals surface area contributed by atoms with Crippen LogP contribution in [0.3, 0.4) is 0 Å². The molecule has 0 heterocycles. The molecule has 1 atom stereocenters. The molecule has 0 aromatic heterocycles. The Kier molecular flexibility index (Phi) is 69.1. The van der Waals surface area contributed by atoms with Crippen LogP contribution in [-0.4, -0.2) is 37.2 Å². The van der Waals surface area contributed by atoms with Crippen LogP contribution in [0.2, 0.25) is 0 Å². The van der Waals surface area contributed by atoms with Crippen LogP contribution in [0.25, 0.3) is 0 Å². The van der Waals surface area contributed by atoms with Crippen molar-refractivity contribution in [1.29, 1.82) is 0 Å². The van der Waals surface area contributed by atoms with E-state index in [2.05, 4.69) is 81.5 Å². The van der Waals surface area contributed by atoms with Gasteiger partial charge >= 0.3 is 17.9 Å². The summed E-state index contributed by atoms with van der Waals surface area (Å²) in [5.74, 6) is -0.862. The van der Waals surface area contributed by atoms with Gasteiger partial charge in [0.05, 0.1) is 0 Å². The fourth-order valence-electron chi connectivity index (χ4n) is 11.0. The molecule has 1 unspecified atom stereocenters. The number of carbonyl (C=O) groups excluding carboxylic acids is 3. The highest BCUT2D eigenvalue weighted by Gasteiger charge is 2.19. The molecule has 0 fully saturated rings. The smallest absolute Gasteiger partial charge is 0.306 e. The van der Waals surface area contributed by atoms with Crippen LogP contribution in [0, 0.1) is 0 Å². The molecule has 0 amide bonds. The molecule has 0 aromatic carbocycles. The van der Waals surface area contributed by atoms with Crippen molar-refractivity contribution in [3.63, 3.8) is 0 Å². The number of rotatable bonds is 68. The number of hydrogen-bond acceptors (Lipinski definition) is 6. The van der Waals surface area contributed by atoms with E-state index in [4.69, 9.17) is 14.2 Å². The molecule has 0 radical (unpaired) electrons. The van der Waals surface area contributed by atoms with Gasteiger partial charge < -0.3 is 14.2 Å².